The van der Waals surface area contributed by atoms with Crippen LogP contribution in [0.3, 0.4) is 0 Å². The average Bonchev–Trinajstić information content (AvgIpc) is 3.33. The fourth-order valence-electron chi connectivity index (χ4n) is 8.55. The highest BCUT2D eigenvalue weighted by Crippen LogP contribution is 2.68. The molecule has 0 heterocycles. The molecule has 0 aromatic rings. The maximum Gasteiger partial charge on any atom is -0.0266 e. The molecule has 5 saturated carbocycles. The van der Waals surface area contributed by atoms with Crippen molar-refractivity contribution in [1.29, 1.82) is 0 Å². The second-order valence-corrected chi connectivity index (χ2v) is 11.1. The van der Waals surface area contributed by atoms with Gasteiger partial charge in [0.1, 0.15) is 0 Å². The Labute approximate surface area is 144 Å². The fraction of sp³-hybridized carbons (Fsp3) is 1.00. The molecule has 0 radical (unpaired) electrons. The molecule has 130 valence electrons. The summed E-state index contributed by atoms with van der Waals surface area (Å²) in [6.45, 7) is 7.98. The van der Waals surface area contributed by atoms with Crippen LogP contribution in [0.1, 0.15) is 91.4 Å². The Balaban J connectivity index is 1.39. The zero-order valence-electron chi connectivity index (χ0n) is 15.8. The highest BCUT2D eigenvalue weighted by molar-refractivity contribution is 5.09. The van der Waals surface area contributed by atoms with Crippen LogP contribution in [0.15, 0.2) is 0 Å². The largest absolute Gasteiger partial charge is 0.0620 e. The topological polar surface area (TPSA) is 0 Å². The molecule has 0 N–H and O–H groups in total. The summed E-state index contributed by atoms with van der Waals surface area (Å²) in [7, 11) is 0. The van der Waals surface area contributed by atoms with Crippen molar-refractivity contribution >= 4 is 0 Å². The third-order valence-corrected chi connectivity index (χ3v) is 10.5. The first-order valence-electron chi connectivity index (χ1n) is 11.0. The van der Waals surface area contributed by atoms with E-state index in [-0.39, 0.29) is 0 Å². The Bertz CT molecular complexity index is 476. The molecular formula is C23H38. The lowest BCUT2D eigenvalue weighted by Crippen LogP contribution is -2.53. The summed E-state index contributed by atoms with van der Waals surface area (Å²) in [6, 6.07) is 0. The number of rotatable bonds is 1. The standard InChI is InChI=1S/C23H38/c1-15-4-9-20-19-8-7-18-14-17(16-5-6-16)10-12-23(18,3)21(19)11-13-22(15,20)2/h15-21H,4-14H2,1-3H3/t15?,17?,18?,19?,20?,21?,22?,23-/m0/s1. The van der Waals surface area contributed by atoms with Crippen molar-refractivity contribution < 1.29 is 0 Å². The van der Waals surface area contributed by atoms with Gasteiger partial charge in [-0.05, 0) is 123 Å². The predicted molar refractivity (Wildman–Crippen MR) is 97.1 cm³/mol. The molecule has 5 fully saturated rings. The van der Waals surface area contributed by atoms with Gasteiger partial charge >= 0.3 is 0 Å². The minimum Gasteiger partial charge on any atom is -0.0620 e. The van der Waals surface area contributed by atoms with Crippen molar-refractivity contribution in [2.24, 2.45) is 52.3 Å². The van der Waals surface area contributed by atoms with Crippen LogP contribution >= 0.6 is 0 Å². The van der Waals surface area contributed by atoms with E-state index in [9.17, 15) is 0 Å². The highest BCUT2D eigenvalue weighted by Gasteiger charge is 2.59. The van der Waals surface area contributed by atoms with Crippen molar-refractivity contribution in [3.63, 3.8) is 0 Å². The van der Waals surface area contributed by atoms with E-state index in [0.29, 0.717) is 5.41 Å². The van der Waals surface area contributed by atoms with E-state index in [1.807, 2.05) is 0 Å². The van der Waals surface area contributed by atoms with Gasteiger partial charge in [-0.15, -0.1) is 0 Å². The molecule has 0 bridgehead atoms. The molecule has 0 saturated heterocycles. The Morgan fingerprint density at radius 3 is 2.17 bits per heavy atom. The van der Waals surface area contributed by atoms with Crippen LogP contribution in [0.4, 0.5) is 0 Å². The van der Waals surface area contributed by atoms with Crippen LogP contribution < -0.4 is 0 Å². The molecular weight excluding hydrogens is 276 g/mol. The summed E-state index contributed by atoms with van der Waals surface area (Å²) in [5.41, 5.74) is 1.43. The molecule has 0 nitrogen and oxygen atoms in total. The first kappa shape index (κ1) is 15.3. The van der Waals surface area contributed by atoms with Gasteiger partial charge in [0.2, 0.25) is 0 Å². The third kappa shape index (κ3) is 2.08. The van der Waals surface area contributed by atoms with Gasteiger partial charge in [-0.1, -0.05) is 20.8 Å². The van der Waals surface area contributed by atoms with Crippen LogP contribution in [0.5, 0.6) is 0 Å². The Hall–Kier alpha value is 0. The summed E-state index contributed by atoms with van der Waals surface area (Å²) in [4.78, 5) is 0. The van der Waals surface area contributed by atoms with Crippen LogP contribution in [0.2, 0.25) is 0 Å². The van der Waals surface area contributed by atoms with Gasteiger partial charge in [-0.3, -0.25) is 0 Å². The van der Waals surface area contributed by atoms with E-state index in [2.05, 4.69) is 20.8 Å². The number of fused-ring (bicyclic) bond motifs is 5. The van der Waals surface area contributed by atoms with Crippen LogP contribution in [0.25, 0.3) is 0 Å². The second kappa shape index (κ2) is 5.01. The first-order valence-corrected chi connectivity index (χ1v) is 11.0. The smallest absolute Gasteiger partial charge is 0.0266 e. The molecule has 0 aromatic heterocycles. The molecule has 23 heavy (non-hydrogen) atoms. The highest BCUT2D eigenvalue weighted by atomic mass is 14.6. The lowest BCUT2D eigenvalue weighted by atomic mass is 9.44. The monoisotopic (exact) mass is 314 g/mol. The lowest BCUT2D eigenvalue weighted by Gasteiger charge is -2.61. The third-order valence-electron chi connectivity index (χ3n) is 10.5. The summed E-state index contributed by atoms with van der Waals surface area (Å²) in [6.07, 6.45) is 17.3. The fourth-order valence-corrected chi connectivity index (χ4v) is 8.55. The minimum atomic E-state index is 0.704. The van der Waals surface area contributed by atoms with Crippen molar-refractivity contribution in [3.8, 4) is 0 Å². The van der Waals surface area contributed by atoms with E-state index in [1.165, 1.54) is 6.42 Å². The Morgan fingerprint density at radius 2 is 1.39 bits per heavy atom. The van der Waals surface area contributed by atoms with E-state index < -0.39 is 0 Å². The van der Waals surface area contributed by atoms with Gasteiger partial charge in [0, 0.05) is 0 Å². The van der Waals surface area contributed by atoms with Crippen molar-refractivity contribution in [2.75, 3.05) is 0 Å². The number of hydrogen-bond donors (Lipinski definition) is 0. The van der Waals surface area contributed by atoms with Crippen molar-refractivity contribution in [2.45, 2.75) is 91.4 Å². The molecule has 0 aliphatic heterocycles. The molecule has 0 heteroatoms. The van der Waals surface area contributed by atoms with Crippen molar-refractivity contribution in [1.82, 2.24) is 0 Å². The summed E-state index contributed by atoms with van der Waals surface area (Å²) >= 11 is 0. The van der Waals surface area contributed by atoms with Gasteiger partial charge in [0.05, 0.1) is 0 Å². The van der Waals surface area contributed by atoms with E-state index >= 15 is 0 Å². The normalized spacial score (nSPS) is 59.1. The Kier molecular flexibility index (Phi) is 3.33. The lowest BCUT2D eigenvalue weighted by molar-refractivity contribution is -0.118. The molecule has 0 spiro atoms. The Morgan fingerprint density at radius 1 is 0.652 bits per heavy atom. The molecule has 0 amide bonds. The van der Waals surface area contributed by atoms with Gasteiger partial charge in [0.15, 0.2) is 0 Å². The van der Waals surface area contributed by atoms with E-state index in [4.69, 9.17) is 0 Å². The zero-order chi connectivity index (χ0) is 15.8. The average molecular weight is 315 g/mol. The SMILES string of the molecule is CC1CCC2C3CCC4CC(C5CC5)CC[C@]4(C)C3CCC12C. The minimum absolute atomic E-state index is 0.704. The predicted octanol–water partition coefficient (Wildman–Crippen LogP) is 6.69. The molecule has 5 rings (SSSR count). The molecule has 5 aliphatic rings. The quantitative estimate of drug-likeness (QED) is 0.505. The van der Waals surface area contributed by atoms with Crippen molar-refractivity contribution in [3.05, 3.63) is 0 Å². The van der Waals surface area contributed by atoms with E-state index in [0.717, 1.165) is 46.8 Å². The maximum atomic E-state index is 2.75. The summed E-state index contributed by atoms with van der Waals surface area (Å²) < 4.78 is 0. The summed E-state index contributed by atoms with van der Waals surface area (Å²) in [5.74, 6) is 7.63. The van der Waals surface area contributed by atoms with Gasteiger partial charge in [0.25, 0.3) is 0 Å². The molecule has 8 atom stereocenters. The first-order chi connectivity index (χ1) is 11.0. The maximum absolute atomic E-state index is 2.75. The van der Waals surface area contributed by atoms with Crippen LogP contribution in [0, 0.1) is 52.3 Å². The summed E-state index contributed by atoms with van der Waals surface area (Å²) in [5, 5.41) is 0. The van der Waals surface area contributed by atoms with Gasteiger partial charge in [-0.2, -0.15) is 0 Å². The molecule has 5 aliphatic carbocycles. The van der Waals surface area contributed by atoms with Gasteiger partial charge in [-0.25, -0.2) is 0 Å². The van der Waals surface area contributed by atoms with Crippen LogP contribution in [-0.4, -0.2) is 0 Å². The van der Waals surface area contributed by atoms with Gasteiger partial charge < -0.3 is 0 Å². The second-order valence-electron chi connectivity index (χ2n) is 11.1. The number of hydrogen-bond acceptors (Lipinski definition) is 0. The van der Waals surface area contributed by atoms with E-state index in [1.54, 1.807) is 64.2 Å². The zero-order valence-corrected chi connectivity index (χ0v) is 15.8. The molecule has 7 unspecified atom stereocenters. The van der Waals surface area contributed by atoms with Crippen LogP contribution in [-0.2, 0) is 0 Å². The molecule has 0 aromatic carbocycles.